The molecule has 0 bridgehead atoms. The molecule has 0 aliphatic rings. The van der Waals surface area contributed by atoms with E-state index in [1.807, 2.05) is 50.2 Å². The summed E-state index contributed by atoms with van der Waals surface area (Å²) in [6.45, 7) is 1.93. The zero-order valence-corrected chi connectivity index (χ0v) is 15.5. The summed E-state index contributed by atoms with van der Waals surface area (Å²) in [5, 5.41) is 2.73. The van der Waals surface area contributed by atoms with Crippen LogP contribution in [0.2, 0.25) is 0 Å². The maximum atomic E-state index is 12.0. The van der Waals surface area contributed by atoms with Crippen molar-refractivity contribution in [1.29, 1.82) is 0 Å². The number of esters is 1. The Hall–Kier alpha value is -3.02. The molecule has 0 heterocycles. The molecular weight excluding hydrogens is 332 g/mol. The lowest BCUT2D eigenvalue weighted by molar-refractivity contribution is -0.124. The van der Waals surface area contributed by atoms with Crippen molar-refractivity contribution < 1.29 is 19.1 Å². The van der Waals surface area contributed by atoms with Crippen molar-refractivity contribution in [3.8, 4) is 5.75 Å². The van der Waals surface area contributed by atoms with E-state index in [0.29, 0.717) is 17.9 Å². The van der Waals surface area contributed by atoms with Gasteiger partial charge in [-0.15, -0.1) is 0 Å². The SMILES string of the molecule is COc1cc(C(=O)OCC(=O)NCc2ccc(N(C)C)cc2)ccc1C. The number of hydrogen-bond acceptors (Lipinski definition) is 5. The van der Waals surface area contributed by atoms with E-state index >= 15 is 0 Å². The van der Waals surface area contributed by atoms with Gasteiger partial charge in [0.2, 0.25) is 0 Å². The highest BCUT2D eigenvalue weighted by Crippen LogP contribution is 2.19. The smallest absolute Gasteiger partial charge is 0.338 e. The molecule has 0 unspecified atom stereocenters. The number of hydrogen-bond donors (Lipinski definition) is 1. The van der Waals surface area contributed by atoms with Crippen LogP contribution in [0.4, 0.5) is 5.69 Å². The van der Waals surface area contributed by atoms with Crippen LogP contribution >= 0.6 is 0 Å². The monoisotopic (exact) mass is 356 g/mol. The Bertz CT molecular complexity index is 770. The summed E-state index contributed by atoms with van der Waals surface area (Å²) < 4.78 is 10.2. The Kier molecular flexibility index (Phi) is 6.60. The average Bonchev–Trinajstić information content (AvgIpc) is 2.65. The van der Waals surface area contributed by atoms with Gasteiger partial charge in [0.15, 0.2) is 6.61 Å². The van der Waals surface area contributed by atoms with Gasteiger partial charge in [0.25, 0.3) is 5.91 Å². The summed E-state index contributed by atoms with van der Waals surface area (Å²) in [5.41, 5.74) is 3.32. The lowest BCUT2D eigenvalue weighted by Gasteiger charge is -2.13. The average molecular weight is 356 g/mol. The number of nitrogens with one attached hydrogen (secondary N) is 1. The second kappa shape index (κ2) is 8.89. The third-order valence-electron chi connectivity index (χ3n) is 3.92. The van der Waals surface area contributed by atoms with Gasteiger partial charge in [-0.1, -0.05) is 18.2 Å². The minimum atomic E-state index is -0.561. The fraction of sp³-hybridized carbons (Fsp3) is 0.300. The third kappa shape index (κ3) is 5.24. The van der Waals surface area contributed by atoms with Crippen LogP contribution in [0.1, 0.15) is 21.5 Å². The van der Waals surface area contributed by atoms with E-state index in [1.165, 1.54) is 7.11 Å². The van der Waals surface area contributed by atoms with E-state index in [0.717, 1.165) is 16.8 Å². The number of carbonyl (C=O) groups is 2. The molecule has 0 aromatic heterocycles. The molecule has 0 atom stereocenters. The summed E-state index contributed by atoms with van der Waals surface area (Å²) in [5.74, 6) is -0.312. The molecule has 0 saturated heterocycles. The maximum absolute atomic E-state index is 12.0. The van der Waals surface area contributed by atoms with Gasteiger partial charge in [-0.3, -0.25) is 4.79 Å². The normalized spacial score (nSPS) is 10.2. The van der Waals surface area contributed by atoms with Crippen LogP contribution in [0.25, 0.3) is 0 Å². The first kappa shape index (κ1) is 19.3. The highest BCUT2D eigenvalue weighted by Gasteiger charge is 2.12. The maximum Gasteiger partial charge on any atom is 0.338 e. The molecule has 6 heteroatoms. The molecule has 6 nitrogen and oxygen atoms in total. The lowest BCUT2D eigenvalue weighted by Crippen LogP contribution is -2.28. The Labute approximate surface area is 153 Å². The number of anilines is 1. The van der Waals surface area contributed by atoms with Crippen molar-refractivity contribution in [3.05, 3.63) is 59.2 Å². The standard InChI is InChI=1S/C20H24N2O4/c1-14-5-8-16(11-18(14)25-4)20(24)26-13-19(23)21-12-15-6-9-17(10-7-15)22(2)3/h5-11H,12-13H2,1-4H3,(H,21,23). The summed E-state index contributed by atoms with van der Waals surface area (Å²) in [7, 11) is 5.47. The third-order valence-corrected chi connectivity index (χ3v) is 3.92. The van der Waals surface area contributed by atoms with Crippen LogP contribution in [0, 0.1) is 6.92 Å². The number of amides is 1. The van der Waals surface area contributed by atoms with Crippen molar-refractivity contribution in [2.45, 2.75) is 13.5 Å². The fourth-order valence-electron chi connectivity index (χ4n) is 2.33. The summed E-state index contributed by atoms with van der Waals surface area (Å²) in [4.78, 5) is 25.9. The molecule has 0 radical (unpaired) electrons. The van der Waals surface area contributed by atoms with Crippen LogP contribution in [0.15, 0.2) is 42.5 Å². The highest BCUT2D eigenvalue weighted by molar-refractivity contribution is 5.91. The molecule has 1 N–H and O–H groups in total. The van der Waals surface area contributed by atoms with Crippen molar-refractivity contribution in [2.24, 2.45) is 0 Å². The topological polar surface area (TPSA) is 67.9 Å². The molecule has 0 aliphatic carbocycles. The van der Waals surface area contributed by atoms with Gasteiger partial charge < -0.3 is 19.7 Å². The number of ether oxygens (including phenoxy) is 2. The van der Waals surface area contributed by atoms with Gasteiger partial charge in [0.1, 0.15) is 5.75 Å². The Morgan fingerprint density at radius 2 is 1.77 bits per heavy atom. The summed E-state index contributed by atoms with van der Waals surface area (Å²) in [6.07, 6.45) is 0. The van der Waals surface area contributed by atoms with Gasteiger partial charge in [-0.25, -0.2) is 4.79 Å². The summed E-state index contributed by atoms with van der Waals surface area (Å²) in [6, 6.07) is 12.9. The number of rotatable bonds is 7. The van der Waals surface area contributed by atoms with E-state index < -0.39 is 5.97 Å². The van der Waals surface area contributed by atoms with E-state index in [9.17, 15) is 9.59 Å². The van der Waals surface area contributed by atoms with E-state index in [1.54, 1.807) is 18.2 Å². The lowest BCUT2D eigenvalue weighted by atomic mass is 10.1. The van der Waals surface area contributed by atoms with Gasteiger partial charge in [-0.05, 0) is 42.3 Å². The van der Waals surface area contributed by atoms with Crippen molar-refractivity contribution in [1.82, 2.24) is 5.32 Å². The molecule has 0 aliphatic heterocycles. The van der Waals surface area contributed by atoms with Gasteiger partial charge >= 0.3 is 5.97 Å². The minimum Gasteiger partial charge on any atom is -0.496 e. The number of methoxy groups -OCH3 is 1. The molecule has 0 saturated carbocycles. The molecular formula is C20H24N2O4. The Morgan fingerprint density at radius 1 is 1.08 bits per heavy atom. The molecule has 2 aromatic rings. The largest absolute Gasteiger partial charge is 0.496 e. The molecule has 138 valence electrons. The van der Waals surface area contributed by atoms with Crippen LogP contribution in [0.3, 0.4) is 0 Å². The molecule has 0 fully saturated rings. The number of nitrogens with zero attached hydrogens (tertiary/aromatic N) is 1. The van der Waals surface area contributed by atoms with Crippen molar-refractivity contribution in [2.75, 3.05) is 32.7 Å². The first-order chi connectivity index (χ1) is 12.4. The van der Waals surface area contributed by atoms with Crippen LogP contribution in [0.5, 0.6) is 5.75 Å². The number of benzene rings is 2. The second-order valence-corrected chi connectivity index (χ2v) is 6.10. The predicted molar refractivity (Wildman–Crippen MR) is 101 cm³/mol. The minimum absolute atomic E-state index is 0.329. The quantitative estimate of drug-likeness (QED) is 0.772. The fourth-order valence-corrected chi connectivity index (χ4v) is 2.33. The van der Waals surface area contributed by atoms with Crippen LogP contribution < -0.4 is 15.0 Å². The second-order valence-electron chi connectivity index (χ2n) is 6.10. The zero-order chi connectivity index (χ0) is 19.1. The highest BCUT2D eigenvalue weighted by atomic mass is 16.5. The molecule has 2 aromatic carbocycles. The van der Waals surface area contributed by atoms with Crippen molar-refractivity contribution in [3.63, 3.8) is 0 Å². The zero-order valence-electron chi connectivity index (χ0n) is 15.5. The summed E-state index contributed by atoms with van der Waals surface area (Å²) >= 11 is 0. The predicted octanol–water partition coefficient (Wildman–Crippen LogP) is 2.54. The Morgan fingerprint density at radius 3 is 2.38 bits per heavy atom. The van der Waals surface area contributed by atoms with Gasteiger partial charge in [0, 0.05) is 26.3 Å². The Balaban J connectivity index is 1.82. The first-order valence-electron chi connectivity index (χ1n) is 8.25. The molecule has 0 spiro atoms. The molecule has 1 amide bonds. The van der Waals surface area contributed by atoms with Gasteiger partial charge in [-0.2, -0.15) is 0 Å². The first-order valence-corrected chi connectivity index (χ1v) is 8.25. The molecule has 2 rings (SSSR count). The van der Waals surface area contributed by atoms with E-state index in [4.69, 9.17) is 9.47 Å². The van der Waals surface area contributed by atoms with E-state index in [-0.39, 0.29) is 12.5 Å². The van der Waals surface area contributed by atoms with Gasteiger partial charge in [0.05, 0.1) is 12.7 Å². The molecule has 26 heavy (non-hydrogen) atoms. The number of aryl methyl sites for hydroxylation is 1. The number of carbonyl (C=O) groups excluding carboxylic acids is 2. The van der Waals surface area contributed by atoms with Crippen LogP contribution in [-0.2, 0) is 16.1 Å². The van der Waals surface area contributed by atoms with E-state index in [2.05, 4.69) is 5.32 Å². The van der Waals surface area contributed by atoms with Crippen LogP contribution in [-0.4, -0.2) is 39.7 Å². The van der Waals surface area contributed by atoms with Crippen molar-refractivity contribution >= 4 is 17.6 Å².